The van der Waals surface area contributed by atoms with Crippen molar-refractivity contribution in [1.29, 1.82) is 0 Å². The van der Waals surface area contributed by atoms with Crippen LogP contribution < -0.4 is 14.8 Å². The molecule has 6 heteroatoms. The minimum absolute atomic E-state index is 0.386. The van der Waals surface area contributed by atoms with Gasteiger partial charge < -0.3 is 14.8 Å². The van der Waals surface area contributed by atoms with Crippen molar-refractivity contribution < 1.29 is 9.47 Å². The fourth-order valence-corrected chi connectivity index (χ4v) is 7.22. The Bertz CT molecular complexity index is 939. The first-order valence-corrected chi connectivity index (χ1v) is 12.7. The summed E-state index contributed by atoms with van der Waals surface area (Å²) in [6.07, 6.45) is 7.21. The van der Waals surface area contributed by atoms with Gasteiger partial charge in [0.2, 0.25) is 0 Å². The van der Waals surface area contributed by atoms with Gasteiger partial charge in [-0.1, -0.05) is 29.3 Å². The van der Waals surface area contributed by atoms with Crippen molar-refractivity contribution in [2.45, 2.75) is 51.3 Å². The number of hydrogen-bond donors (Lipinski definition) is 1. The largest absolute Gasteiger partial charge is 0.493 e. The van der Waals surface area contributed by atoms with Crippen molar-refractivity contribution in [2.75, 3.05) is 7.11 Å². The third kappa shape index (κ3) is 4.59. The predicted octanol–water partition coefficient (Wildman–Crippen LogP) is 7.26. The van der Waals surface area contributed by atoms with Crippen molar-refractivity contribution in [3.63, 3.8) is 0 Å². The highest BCUT2D eigenvalue weighted by Crippen LogP contribution is 2.53. The Hall–Kier alpha value is -0.940. The highest BCUT2D eigenvalue weighted by atomic mass is 79.9. The molecule has 0 saturated heterocycles. The zero-order valence-electron chi connectivity index (χ0n) is 17.7. The van der Waals surface area contributed by atoms with Gasteiger partial charge in [-0.05, 0) is 107 Å². The van der Waals surface area contributed by atoms with Gasteiger partial charge >= 0.3 is 0 Å². The number of rotatable bonds is 7. The van der Waals surface area contributed by atoms with Gasteiger partial charge in [-0.3, -0.25) is 0 Å². The summed E-state index contributed by atoms with van der Waals surface area (Å²) in [6, 6.07) is 10.4. The molecule has 1 N–H and O–H groups in total. The number of hydrogen-bond acceptors (Lipinski definition) is 3. The van der Waals surface area contributed by atoms with Crippen LogP contribution >= 0.6 is 39.1 Å². The molecule has 0 heterocycles. The summed E-state index contributed by atoms with van der Waals surface area (Å²) in [6.45, 7) is 1.24. The van der Waals surface area contributed by atoms with Crippen LogP contribution in [0.1, 0.15) is 43.2 Å². The first-order valence-electron chi connectivity index (χ1n) is 11.2. The smallest absolute Gasteiger partial charge is 0.175 e. The summed E-state index contributed by atoms with van der Waals surface area (Å²) in [5.74, 6) is 5.18. The molecule has 0 atom stereocenters. The van der Waals surface area contributed by atoms with Gasteiger partial charge in [-0.15, -0.1) is 0 Å². The molecule has 166 valence electrons. The van der Waals surface area contributed by atoms with Crippen LogP contribution in [0.25, 0.3) is 0 Å². The first-order chi connectivity index (χ1) is 15.0. The summed E-state index contributed by atoms with van der Waals surface area (Å²) in [5, 5.41) is 4.97. The Balaban J connectivity index is 1.25. The molecule has 4 bridgehead atoms. The third-order valence-corrected chi connectivity index (χ3v) is 8.75. The molecular weight excluding hydrogens is 497 g/mol. The normalized spacial score (nSPS) is 28.7. The van der Waals surface area contributed by atoms with Gasteiger partial charge in [0, 0.05) is 12.6 Å². The zero-order chi connectivity index (χ0) is 21.5. The van der Waals surface area contributed by atoms with E-state index in [-0.39, 0.29) is 0 Å². The first kappa shape index (κ1) is 21.9. The second-order valence-corrected chi connectivity index (χ2v) is 11.2. The molecule has 0 unspecified atom stereocenters. The van der Waals surface area contributed by atoms with E-state index in [0.29, 0.717) is 28.4 Å². The molecule has 2 aromatic carbocycles. The van der Waals surface area contributed by atoms with E-state index in [1.807, 2.05) is 12.1 Å². The number of ether oxygens (including phenoxy) is 2. The maximum atomic E-state index is 6.12. The molecule has 0 radical (unpaired) electrons. The van der Waals surface area contributed by atoms with E-state index in [4.69, 9.17) is 32.7 Å². The fraction of sp³-hybridized carbons (Fsp3) is 0.520. The van der Waals surface area contributed by atoms with Crippen molar-refractivity contribution in [3.8, 4) is 11.5 Å². The number of halogens is 3. The van der Waals surface area contributed by atoms with Crippen LogP contribution in [-0.4, -0.2) is 13.2 Å². The standard InChI is InChI=1S/C25H28BrCl2NO2/c1-30-23-11-17(12-29-24-18-5-15-4-16(7-18)8-19(24)6-15)9-20(26)25(23)31-13-14-2-3-21(27)22(28)10-14/h2-3,9-11,15-16,18-19,24,29H,4-8,12-13H2,1H3. The lowest BCUT2D eigenvalue weighted by molar-refractivity contribution is -0.0142. The molecule has 2 aromatic rings. The molecule has 0 amide bonds. The van der Waals surface area contributed by atoms with Gasteiger partial charge in [0.1, 0.15) is 6.61 Å². The number of benzene rings is 2. The Morgan fingerprint density at radius 1 is 0.935 bits per heavy atom. The summed E-state index contributed by atoms with van der Waals surface area (Å²) >= 11 is 15.8. The van der Waals surface area contributed by atoms with E-state index in [0.717, 1.165) is 46.0 Å². The lowest BCUT2D eigenvalue weighted by Gasteiger charge is -2.54. The predicted molar refractivity (Wildman–Crippen MR) is 129 cm³/mol. The van der Waals surface area contributed by atoms with E-state index in [2.05, 4.69) is 33.4 Å². The molecule has 4 saturated carbocycles. The van der Waals surface area contributed by atoms with Crippen LogP contribution in [0.3, 0.4) is 0 Å². The molecule has 0 aliphatic heterocycles. The van der Waals surface area contributed by atoms with Crippen molar-refractivity contribution in [3.05, 3.63) is 56.0 Å². The number of nitrogens with one attached hydrogen (secondary N) is 1. The van der Waals surface area contributed by atoms with Gasteiger partial charge in [-0.25, -0.2) is 0 Å². The SMILES string of the molecule is COc1cc(CNC2C3CC4CC(C3)CC2C4)cc(Br)c1OCc1ccc(Cl)c(Cl)c1. The van der Waals surface area contributed by atoms with Crippen molar-refractivity contribution in [2.24, 2.45) is 23.7 Å². The topological polar surface area (TPSA) is 30.5 Å². The van der Waals surface area contributed by atoms with Crippen LogP contribution in [0.15, 0.2) is 34.8 Å². The number of methoxy groups -OCH3 is 1. The van der Waals surface area contributed by atoms with Gasteiger partial charge in [0.05, 0.1) is 21.6 Å². The van der Waals surface area contributed by atoms with Crippen molar-refractivity contribution >= 4 is 39.1 Å². The monoisotopic (exact) mass is 523 g/mol. The van der Waals surface area contributed by atoms with E-state index in [1.54, 1.807) is 13.2 Å². The fourth-order valence-electron chi connectivity index (χ4n) is 6.29. The maximum absolute atomic E-state index is 6.12. The van der Waals surface area contributed by atoms with Gasteiger partial charge in [0.25, 0.3) is 0 Å². The van der Waals surface area contributed by atoms with E-state index in [1.165, 1.54) is 37.7 Å². The van der Waals surface area contributed by atoms with Crippen LogP contribution in [-0.2, 0) is 13.2 Å². The Morgan fingerprint density at radius 2 is 1.65 bits per heavy atom. The summed E-state index contributed by atoms with van der Waals surface area (Å²) in [4.78, 5) is 0. The molecule has 31 heavy (non-hydrogen) atoms. The van der Waals surface area contributed by atoms with Crippen LogP contribution in [0.2, 0.25) is 10.0 Å². The van der Waals surface area contributed by atoms with Crippen LogP contribution in [0.4, 0.5) is 0 Å². The average molecular weight is 525 g/mol. The van der Waals surface area contributed by atoms with E-state index < -0.39 is 0 Å². The summed E-state index contributed by atoms with van der Waals surface area (Å²) < 4.78 is 12.6. The quantitative estimate of drug-likeness (QED) is 0.413. The molecule has 3 nitrogen and oxygen atoms in total. The van der Waals surface area contributed by atoms with Gasteiger partial charge in [0.15, 0.2) is 11.5 Å². The third-order valence-electron chi connectivity index (χ3n) is 7.43. The second-order valence-electron chi connectivity index (χ2n) is 9.48. The second kappa shape index (κ2) is 9.13. The van der Waals surface area contributed by atoms with E-state index in [9.17, 15) is 0 Å². The Morgan fingerprint density at radius 3 is 2.29 bits per heavy atom. The molecular formula is C25H28BrCl2NO2. The molecule has 0 spiro atoms. The van der Waals surface area contributed by atoms with E-state index >= 15 is 0 Å². The summed E-state index contributed by atoms with van der Waals surface area (Å²) in [7, 11) is 1.68. The molecule has 4 fully saturated rings. The highest BCUT2D eigenvalue weighted by molar-refractivity contribution is 9.10. The lowest BCUT2D eigenvalue weighted by Crippen LogP contribution is -2.54. The van der Waals surface area contributed by atoms with Crippen molar-refractivity contribution in [1.82, 2.24) is 5.32 Å². The minimum Gasteiger partial charge on any atom is -0.493 e. The summed E-state index contributed by atoms with van der Waals surface area (Å²) in [5.41, 5.74) is 2.16. The van der Waals surface area contributed by atoms with Crippen LogP contribution in [0.5, 0.6) is 11.5 Å². The highest BCUT2D eigenvalue weighted by Gasteiger charge is 2.47. The molecule has 4 aliphatic carbocycles. The zero-order valence-corrected chi connectivity index (χ0v) is 20.8. The van der Waals surface area contributed by atoms with Crippen LogP contribution in [0, 0.1) is 23.7 Å². The van der Waals surface area contributed by atoms with Gasteiger partial charge in [-0.2, -0.15) is 0 Å². The molecule has 4 aliphatic rings. The average Bonchev–Trinajstić information content (AvgIpc) is 2.74. The Labute approximate surface area is 202 Å². The Kier molecular flexibility index (Phi) is 6.44. The lowest BCUT2D eigenvalue weighted by atomic mass is 9.54. The maximum Gasteiger partial charge on any atom is 0.175 e. The minimum atomic E-state index is 0.386. The molecule has 6 rings (SSSR count). The molecule has 0 aromatic heterocycles.